The quantitative estimate of drug-likeness (QED) is 0.899. The van der Waals surface area contributed by atoms with Gasteiger partial charge in [0.15, 0.2) is 11.5 Å². The number of aliphatic hydroxyl groups is 1. The third-order valence-corrected chi connectivity index (χ3v) is 4.24. The molecule has 0 fully saturated rings. The average molecular weight is 302 g/mol. The summed E-state index contributed by atoms with van der Waals surface area (Å²) in [6.45, 7) is 6.51. The van der Waals surface area contributed by atoms with Crippen LogP contribution in [-0.4, -0.2) is 31.5 Å². The first kappa shape index (κ1) is 17.1. The molecule has 0 aliphatic carbocycles. The highest BCUT2D eigenvalue weighted by Gasteiger charge is 2.44. The highest BCUT2D eigenvalue weighted by molar-refractivity contribution is 5.85. The van der Waals surface area contributed by atoms with Gasteiger partial charge >= 0.3 is 0 Å². The Bertz CT molecular complexity index is 485. The summed E-state index contributed by atoms with van der Waals surface area (Å²) in [6.07, 6.45) is 0.918. The summed E-state index contributed by atoms with van der Waals surface area (Å²) in [4.78, 5) is 0. The van der Waals surface area contributed by atoms with Gasteiger partial charge in [0.25, 0.3) is 0 Å². The molecule has 0 amide bonds. The summed E-state index contributed by atoms with van der Waals surface area (Å²) >= 11 is 0. The number of fused-ring (bicyclic) bond motifs is 1. The number of benzene rings is 1. The molecule has 1 atom stereocenters. The Hall–Kier alpha value is -0.970. The van der Waals surface area contributed by atoms with Gasteiger partial charge in [-0.3, -0.25) is 0 Å². The van der Waals surface area contributed by atoms with E-state index in [9.17, 15) is 5.11 Å². The van der Waals surface area contributed by atoms with E-state index in [4.69, 9.17) is 9.47 Å². The number of hydrogen-bond acceptors (Lipinski definition) is 4. The molecule has 20 heavy (non-hydrogen) atoms. The minimum atomic E-state index is -0.873. The number of rotatable bonds is 3. The molecule has 1 unspecified atom stereocenters. The monoisotopic (exact) mass is 301 g/mol. The molecule has 1 aromatic rings. The van der Waals surface area contributed by atoms with Crippen LogP contribution in [0.15, 0.2) is 12.1 Å². The van der Waals surface area contributed by atoms with E-state index in [1.165, 1.54) is 5.56 Å². The Morgan fingerprint density at radius 3 is 2.25 bits per heavy atom. The summed E-state index contributed by atoms with van der Waals surface area (Å²) in [5.41, 5.74) is 0.895. The smallest absolute Gasteiger partial charge is 0.161 e. The van der Waals surface area contributed by atoms with Gasteiger partial charge in [-0.05, 0) is 50.5 Å². The number of methoxy groups -OCH3 is 2. The maximum absolute atomic E-state index is 10.5. The maximum Gasteiger partial charge on any atom is 0.161 e. The molecule has 1 heterocycles. The minimum absolute atomic E-state index is 0. The van der Waals surface area contributed by atoms with Crippen molar-refractivity contribution in [2.45, 2.75) is 38.3 Å². The normalized spacial score (nSPS) is 21.7. The van der Waals surface area contributed by atoms with Crippen LogP contribution in [0, 0.1) is 0 Å². The second-order valence-electron chi connectivity index (χ2n) is 5.73. The van der Waals surface area contributed by atoms with Crippen molar-refractivity contribution in [2.24, 2.45) is 0 Å². The van der Waals surface area contributed by atoms with Gasteiger partial charge in [0.2, 0.25) is 0 Å². The van der Waals surface area contributed by atoms with Crippen LogP contribution in [0.1, 0.15) is 31.9 Å². The van der Waals surface area contributed by atoms with Crippen LogP contribution in [0.5, 0.6) is 11.5 Å². The lowest BCUT2D eigenvalue weighted by molar-refractivity contribution is -0.0195. The summed E-state index contributed by atoms with van der Waals surface area (Å²) in [7, 11) is 3.27. The molecule has 1 aliphatic rings. The van der Waals surface area contributed by atoms with E-state index >= 15 is 0 Å². The van der Waals surface area contributed by atoms with Crippen molar-refractivity contribution in [1.29, 1.82) is 0 Å². The molecule has 1 aromatic carbocycles. The average Bonchev–Trinajstić information content (AvgIpc) is 2.36. The lowest BCUT2D eigenvalue weighted by atomic mass is 9.73. The highest BCUT2D eigenvalue weighted by atomic mass is 35.5. The van der Waals surface area contributed by atoms with Gasteiger partial charge in [-0.15, -0.1) is 12.4 Å². The fourth-order valence-corrected chi connectivity index (χ4v) is 2.68. The van der Waals surface area contributed by atoms with E-state index in [-0.39, 0.29) is 12.4 Å². The Morgan fingerprint density at radius 1 is 1.20 bits per heavy atom. The Morgan fingerprint density at radius 2 is 1.75 bits per heavy atom. The molecule has 2 N–H and O–H groups in total. The number of nitrogens with one attached hydrogen (secondary N) is 1. The van der Waals surface area contributed by atoms with Crippen LogP contribution >= 0.6 is 12.4 Å². The first-order valence-electron chi connectivity index (χ1n) is 6.56. The summed E-state index contributed by atoms with van der Waals surface area (Å²) in [5.74, 6) is 1.43. The fraction of sp³-hybridized carbons (Fsp3) is 0.600. The number of halogens is 1. The topological polar surface area (TPSA) is 50.7 Å². The van der Waals surface area contributed by atoms with Crippen molar-refractivity contribution in [3.63, 3.8) is 0 Å². The van der Waals surface area contributed by atoms with Gasteiger partial charge in [-0.25, -0.2) is 0 Å². The van der Waals surface area contributed by atoms with Crippen LogP contribution in [0.25, 0.3) is 0 Å². The van der Waals surface area contributed by atoms with Gasteiger partial charge < -0.3 is 19.9 Å². The predicted molar refractivity (Wildman–Crippen MR) is 82.2 cm³/mol. The molecule has 0 saturated carbocycles. The van der Waals surface area contributed by atoms with Crippen molar-refractivity contribution in [3.8, 4) is 11.5 Å². The highest BCUT2D eigenvalue weighted by Crippen LogP contribution is 2.42. The zero-order valence-electron chi connectivity index (χ0n) is 12.7. The zero-order chi connectivity index (χ0) is 14.3. The van der Waals surface area contributed by atoms with Crippen LogP contribution in [0.3, 0.4) is 0 Å². The second-order valence-corrected chi connectivity index (χ2v) is 5.73. The van der Waals surface area contributed by atoms with Gasteiger partial charge in [0, 0.05) is 6.54 Å². The SMILES string of the molecule is COc1cc2c(cc1OC)C(C)(C(C)(C)O)NCC2.Cl. The predicted octanol–water partition coefficient (Wildman–Crippen LogP) is 2.26. The molecule has 1 aliphatic heterocycles. The molecule has 0 radical (unpaired) electrons. The molecule has 114 valence electrons. The van der Waals surface area contributed by atoms with Gasteiger partial charge in [0.05, 0.1) is 25.4 Å². The standard InChI is InChI=1S/C15H23NO3.ClH/c1-14(2,17)15(3)11-9-13(19-5)12(18-4)8-10(11)6-7-16-15;/h8-9,16-17H,6-7H2,1-5H3;1H. The molecular formula is C15H24ClNO3. The second kappa shape index (κ2) is 5.80. The van der Waals surface area contributed by atoms with Crippen molar-refractivity contribution < 1.29 is 14.6 Å². The maximum atomic E-state index is 10.5. The molecule has 0 saturated heterocycles. The third kappa shape index (κ3) is 2.60. The largest absolute Gasteiger partial charge is 0.493 e. The molecule has 2 rings (SSSR count). The third-order valence-electron chi connectivity index (χ3n) is 4.24. The van der Waals surface area contributed by atoms with Gasteiger partial charge in [-0.2, -0.15) is 0 Å². The number of hydrogen-bond donors (Lipinski definition) is 2. The molecule has 0 bridgehead atoms. The van der Waals surface area contributed by atoms with Crippen molar-refractivity contribution >= 4 is 12.4 Å². The zero-order valence-corrected chi connectivity index (χ0v) is 13.6. The first-order valence-corrected chi connectivity index (χ1v) is 6.56. The van der Waals surface area contributed by atoms with E-state index < -0.39 is 11.1 Å². The molecule has 4 nitrogen and oxygen atoms in total. The minimum Gasteiger partial charge on any atom is -0.493 e. The van der Waals surface area contributed by atoms with Gasteiger partial charge in [-0.1, -0.05) is 0 Å². The van der Waals surface area contributed by atoms with Crippen LogP contribution in [0.4, 0.5) is 0 Å². The van der Waals surface area contributed by atoms with Crippen molar-refractivity contribution in [3.05, 3.63) is 23.3 Å². The molecule has 0 aromatic heterocycles. The Kier molecular flexibility index (Phi) is 4.95. The van der Waals surface area contributed by atoms with Crippen molar-refractivity contribution in [2.75, 3.05) is 20.8 Å². The van der Waals surface area contributed by atoms with E-state index in [0.29, 0.717) is 5.75 Å². The Labute approximate surface area is 126 Å². The number of ether oxygens (including phenoxy) is 2. The first-order chi connectivity index (χ1) is 8.83. The van der Waals surface area contributed by atoms with E-state index in [1.54, 1.807) is 14.2 Å². The molecule has 0 spiro atoms. The lowest BCUT2D eigenvalue weighted by Gasteiger charge is -2.45. The van der Waals surface area contributed by atoms with Crippen LogP contribution < -0.4 is 14.8 Å². The molecular weight excluding hydrogens is 278 g/mol. The van der Waals surface area contributed by atoms with E-state index in [1.807, 2.05) is 32.9 Å². The Balaban J connectivity index is 0.00000200. The lowest BCUT2D eigenvalue weighted by Crippen LogP contribution is -2.58. The van der Waals surface area contributed by atoms with E-state index in [2.05, 4.69) is 5.32 Å². The molecule has 5 heteroatoms. The summed E-state index contributed by atoms with van der Waals surface area (Å²) in [5, 5.41) is 13.9. The van der Waals surface area contributed by atoms with Crippen LogP contribution in [-0.2, 0) is 12.0 Å². The van der Waals surface area contributed by atoms with Gasteiger partial charge in [0.1, 0.15) is 0 Å². The summed E-state index contributed by atoms with van der Waals surface area (Å²) < 4.78 is 10.7. The van der Waals surface area contributed by atoms with Crippen molar-refractivity contribution in [1.82, 2.24) is 5.32 Å². The van der Waals surface area contributed by atoms with Crippen LogP contribution in [0.2, 0.25) is 0 Å². The summed E-state index contributed by atoms with van der Waals surface area (Å²) in [6, 6.07) is 3.98. The van der Waals surface area contributed by atoms with E-state index in [0.717, 1.165) is 24.3 Å². The fourth-order valence-electron chi connectivity index (χ4n) is 2.68.